The summed E-state index contributed by atoms with van der Waals surface area (Å²) in [6, 6.07) is 13.1. The zero-order valence-electron chi connectivity index (χ0n) is 16.1. The quantitative estimate of drug-likeness (QED) is 0.389. The molecule has 3 rings (SSSR count). The summed E-state index contributed by atoms with van der Waals surface area (Å²) in [5, 5.41) is 0. The molecular formula is C22H29N3S. The molecule has 0 saturated heterocycles. The van der Waals surface area contributed by atoms with E-state index in [2.05, 4.69) is 72.9 Å². The fourth-order valence-corrected chi connectivity index (χ4v) is 4.45. The summed E-state index contributed by atoms with van der Waals surface area (Å²) in [4.78, 5) is 8.37. The van der Waals surface area contributed by atoms with Gasteiger partial charge in [-0.1, -0.05) is 43.7 Å². The molecule has 2 aromatic heterocycles. The van der Waals surface area contributed by atoms with Gasteiger partial charge in [-0.3, -0.25) is 4.98 Å². The van der Waals surface area contributed by atoms with Crippen molar-refractivity contribution in [3.05, 3.63) is 65.7 Å². The van der Waals surface area contributed by atoms with Crippen molar-refractivity contribution in [2.24, 2.45) is 0 Å². The number of rotatable bonds is 9. The molecule has 4 heteroatoms. The van der Waals surface area contributed by atoms with E-state index in [-0.39, 0.29) is 0 Å². The van der Waals surface area contributed by atoms with Gasteiger partial charge in [-0.25, -0.2) is 0 Å². The third kappa shape index (κ3) is 4.68. The fraction of sp³-hybridized carbons (Fsp3) is 0.409. The minimum Gasteiger partial charge on any atom is -0.315 e. The summed E-state index contributed by atoms with van der Waals surface area (Å²) in [6.07, 6.45) is 8.56. The molecule has 0 aliphatic rings. The summed E-state index contributed by atoms with van der Waals surface area (Å²) < 4.78 is 2.35. The van der Waals surface area contributed by atoms with Crippen LogP contribution in [-0.2, 0) is 19.4 Å². The Morgan fingerprint density at radius 1 is 1.12 bits per heavy atom. The SMILES string of the molecule is CCCCSc1cc(CN(C)C)n2ccnc(CCc3ccccc3)c12. The predicted octanol–water partition coefficient (Wildman–Crippen LogP) is 5.07. The van der Waals surface area contributed by atoms with Crippen LogP contribution in [0.1, 0.15) is 36.7 Å². The zero-order chi connectivity index (χ0) is 18.4. The maximum Gasteiger partial charge on any atom is 0.0807 e. The lowest BCUT2D eigenvalue weighted by Crippen LogP contribution is -2.12. The van der Waals surface area contributed by atoms with Crippen LogP contribution in [0.25, 0.3) is 5.52 Å². The van der Waals surface area contributed by atoms with Gasteiger partial charge in [0.05, 0.1) is 11.2 Å². The lowest BCUT2D eigenvalue weighted by molar-refractivity contribution is 0.395. The minimum atomic E-state index is 0.942. The van der Waals surface area contributed by atoms with E-state index in [1.54, 1.807) is 0 Å². The van der Waals surface area contributed by atoms with Crippen molar-refractivity contribution >= 4 is 17.3 Å². The van der Waals surface area contributed by atoms with Gasteiger partial charge in [0.25, 0.3) is 0 Å². The van der Waals surface area contributed by atoms with E-state index in [1.165, 1.54) is 46.0 Å². The molecule has 0 radical (unpaired) electrons. The van der Waals surface area contributed by atoms with Crippen LogP contribution in [-0.4, -0.2) is 34.1 Å². The molecule has 3 aromatic rings. The van der Waals surface area contributed by atoms with E-state index in [0.717, 1.165) is 19.4 Å². The van der Waals surface area contributed by atoms with Crippen LogP contribution in [0.5, 0.6) is 0 Å². The van der Waals surface area contributed by atoms with Crippen LogP contribution >= 0.6 is 11.8 Å². The van der Waals surface area contributed by atoms with Crippen molar-refractivity contribution in [2.75, 3.05) is 19.8 Å². The number of fused-ring (bicyclic) bond motifs is 1. The summed E-state index contributed by atoms with van der Waals surface area (Å²) in [6.45, 7) is 3.19. The second-order valence-corrected chi connectivity index (χ2v) is 8.15. The number of hydrogen-bond acceptors (Lipinski definition) is 3. The van der Waals surface area contributed by atoms with Crippen LogP contribution < -0.4 is 0 Å². The monoisotopic (exact) mass is 367 g/mol. The Labute approximate surface area is 161 Å². The molecule has 1 aromatic carbocycles. The Kier molecular flexibility index (Phi) is 6.75. The first kappa shape index (κ1) is 19.0. The van der Waals surface area contributed by atoms with Crippen molar-refractivity contribution < 1.29 is 0 Å². The Morgan fingerprint density at radius 3 is 2.65 bits per heavy atom. The first-order valence-corrected chi connectivity index (χ1v) is 10.5. The van der Waals surface area contributed by atoms with E-state index in [1.807, 2.05) is 18.0 Å². The second-order valence-electron chi connectivity index (χ2n) is 7.02. The molecule has 0 aliphatic carbocycles. The van der Waals surface area contributed by atoms with Crippen molar-refractivity contribution in [1.82, 2.24) is 14.3 Å². The van der Waals surface area contributed by atoms with Crippen molar-refractivity contribution in [1.29, 1.82) is 0 Å². The van der Waals surface area contributed by atoms with Crippen LogP contribution in [0.4, 0.5) is 0 Å². The number of aryl methyl sites for hydroxylation is 2. The molecule has 0 amide bonds. The number of nitrogens with zero attached hydrogens (tertiary/aromatic N) is 3. The van der Waals surface area contributed by atoms with Gasteiger partial charge in [0, 0.05) is 29.5 Å². The lowest BCUT2D eigenvalue weighted by Gasteiger charge is -2.11. The summed E-state index contributed by atoms with van der Waals surface area (Å²) in [5.41, 5.74) is 5.23. The average Bonchev–Trinajstić information content (AvgIpc) is 2.99. The van der Waals surface area contributed by atoms with E-state index < -0.39 is 0 Å². The van der Waals surface area contributed by atoms with Gasteiger partial charge in [-0.05, 0) is 50.7 Å². The summed E-state index contributed by atoms with van der Waals surface area (Å²) in [5.74, 6) is 1.17. The van der Waals surface area contributed by atoms with E-state index >= 15 is 0 Å². The smallest absolute Gasteiger partial charge is 0.0807 e. The molecule has 26 heavy (non-hydrogen) atoms. The highest BCUT2D eigenvalue weighted by molar-refractivity contribution is 7.99. The highest BCUT2D eigenvalue weighted by atomic mass is 32.2. The Morgan fingerprint density at radius 2 is 1.92 bits per heavy atom. The highest BCUT2D eigenvalue weighted by Crippen LogP contribution is 2.31. The Balaban J connectivity index is 1.92. The lowest BCUT2D eigenvalue weighted by atomic mass is 10.1. The van der Waals surface area contributed by atoms with E-state index in [0.29, 0.717) is 0 Å². The number of benzene rings is 1. The van der Waals surface area contributed by atoms with E-state index in [9.17, 15) is 0 Å². The minimum absolute atomic E-state index is 0.942. The van der Waals surface area contributed by atoms with Crippen molar-refractivity contribution in [3.63, 3.8) is 0 Å². The number of thioether (sulfide) groups is 1. The van der Waals surface area contributed by atoms with Gasteiger partial charge >= 0.3 is 0 Å². The molecule has 0 N–H and O–H groups in total. The van der Waals surface area contributed by atoms with Crippen LogP contribution in [0.3, 0.4) is 0 Å². The molecule has 0 bridgehead atoms. The van der Waals surface area contributed by atoms with Crippen LogP contribution in [0.15, 0.2) is 53.7 Å². The van der Waals surface area contributed by atoms with Gasteiger partial charge in [-0.15, -0.1) is 11.8 Å². The molecule has 0 atom stereocenters. The van der Waals surface area contributed by atoms with Gasteiger partial charge in [0.15, 0.2) is 0 Å². The maximum atomic E-state index is 4.76. The van der Waals surface area contributed by atoms with Crippen molar-refractivity contribution in [2.45, 2.75) is 44.0 Å². The fourth-order valence-electron chi connectivity index (χ4n) is 3.23. The Bertz CT molecular complexity index is 824. The van der Waals surface area contributed by atoms with Crippen LogP contribution in [0.2, 0.25) is 0 Å². The first-order chi connectivity index (χ1) is 12.7. The third-order valence-corrected chi connectivity index (χ3v) is 5.64. The van der Waals surface area contributed by atoms with Gasteiger partial charge < -0.3 is 9.30 Å². The molecule has 0 unspecified atom stereocenters. The average molecular weight is 368 g/mol. The normalized spacial score (nSPS) is 11.5. The predicted molar refractivity (Wildman–Crippen MR) is 112 cm³/mol. The van der Waals surface area contributed by atoms with Gasteiger partial charge in [-0.2, -0.15) is 0 Å². The number of unbranched alkanes of at least 4 members (excludes halogenated alkanes) is 1. The molecule has 0 fully saturated rings. The zero-order valence-corrected chi connectivity index (χ0v) is 16.9. The van der Waals surface area contributed by atoms with E-state index in [4.69, 9.17) is 4.98 Å². The second kappa shape index (κ2) is 9.24. The summed E-state index contributed by atoms with van der Waals surface area (Å²) >= 11 is 1.98. The van der Waals surface area contributed by atoms with Crippen molar-refractivity contribution in [3.8, 4) is 0 Å². The highest BCUT2D eigenvalue weighted by Gasteiger charge is 2.14. The van der Waals surface area contributed by atoms with Gasteiger partial charge in [0.2, 0.25) is 0 Å². The standard InChI is InChI=1S/C22H29N3S/c1-4-5-15-26-21-16-19(17-24(2)3)25-14-13-23-20(22(21)25)12-11-18-9-7-6-8-10-18/h6-10,13-14,16H,4-5,11-12,15,17H2,1-3H3. The maximum absolute atomic E-state index is 4.76. The molecule has 0 saturated carbocycles. The molecule has 0 spiro atoms. The Hall–Kier alpha value is -1.78. The van der Waals surface area contributed by atoms with Gasteiger partial charge in [0.1, 0.15) is 0 Å². The molecule has 3 nitrogen and oxygen atoms in total. The number of hydrogen-bond donors (Lipinski definition) is 0. The molecule has 2 heterocycles. The first-order valence-electron chi connectivity index (χ1n) is 9.48. The summed E-state index contributed by atoms with van der Waals surface area (Å²) in [7, 11) is 4.25. The third-order valence-electron chi connectivity index (χ3n) is 4.53. The van der Waals surface area contributed by atoms with Crippen LogP contribution in [0, 0.1) is 0 Å². The largest absolute Gasteiger partial charge is 0.315 e. The number of aromatic nitrogens is 2. The topological polar surface area (TPSA) is 20.5 Å². The molecular weight excluding hydrogens is 338 g/mol. The molecule has 0 aliphatic heterocycles. The molecule has 138 valence electrons.